The van der Waals surface area contributed by atoms with Gasteiger partial charge in [0.15, 0.2) is 5.65 Å². The van der Waals surface area contributed by atoms with E-state index >= 15 is 0 Å². The Morgan fingerprint density at radius 2 is 1.77 bits per heavy atom. The highest BCUT2D eigenvalue weighted by atomic mass is 35.5. The number of hydrogen-bond acceptors (Lipinski definition) is 6. The zero-order chi connectivity index (χ0) is 28.4. The summed E-state index contributed by atoms with van der Waals surface area (Å²) in [5.74, 6) is -0.425. The number of carbonyl (C=O) groups is 2. The van der Waals surface area contributed by atoms with Gasteiger partial charge in [0.25, 0.3) is 15.9 Å². The highest BCUT2D eigenvalue weighted by Gasteiger charge is 2.24. The van der Waals surface area contributed by atoms with E-state index < -0.39 is 22.0 Å². The second-order valence-corrected chi connectivity index (χ2v) is 11.3. The van der Waals surface area contributed by atoms with Crippen LogP contribution in [0.3, 0.4) is 0 Å². The van der Waals surface area contributed by atoms with Gasteiger partial charge in [-0.05, 0) is 55.3 Å². The van der Waals surface area contributed by atoms with Crippen molar-refractivity contribution < 1.29 is 23.1 Å². The van der Waals surface area contributed by atoms with E-state index in [1.807, 2.05) is 19.1 Å². The Bertz CT molecular complexity index is 1870. The van der Waals surface area contributed by atoms with E-state index in [0.29, 0.717) is 33.5 Å². The number of aromatic nitrogens is 3. The van der Waals surface area contributed by atoms with Crippen LogP contribution < -0.4 is 10.6 Å². The number of hydrogen-bond donors (Lipinski definition) is 3. The zero-order valence-corrected chi connectivity index (χ0v) is 22.8. The van der Waals surface area contributed by atoms with Gasteiger partial charge in [-0.15, -0.1) is 0 Å². The second kappa shape index (κ2) is 10.9. The molecule has 0 aliphatic rings. The van der Waals surface area contributed by atoms with Gasteiger partial charge >= 0.3 is 6.09 Å². The minimum atomic E-state index is -4.03. The summed E-state index contributed by atoms with van der Waals surface area (Å²) in [5.41, 5.74) is 3.06. The molecule has 5 aromatic rings. The number of aryl methyl sites for hydroxylation is 1. The van der Waals surface area contributed by atoms with Crippen molar-refractivity contribution >= 4 is 55.6 Å². The number of nitrogens with one attached hydrogen (secondary N) is 2. The smallest absolute Gasteiger partial charge is 0.404 e. The monoisotopic (exact) mass is 577 g/mol. The average Bonchev–Trinajstić information content (AvgIpc) is 3.33. The van der Waals surface area contributed by atoms with E-state index in [-0.39, 0.29) is 29.2 Å². The molecular formula is C28H24ClN5O5S. The predicted molar refractivity (Wildman–Crippen MR) is 152 cm³/mol. The quantitative estimate of drug-likeness (QED) is 0.224. The fourth-order valence-corrected chi connectivity index (χ4v) is 5.93. The highest BCUT2D eigenvalue weighted by molar-refractivity contribution is 7.90. The molecule has 3 heterocycles. The van der Waals surface area contributed by atoms with Gasteiger partial charge in [0.1, 0.15) is 0 Å². The fourth-order valence-electron chi connectivity index (χ4n) is 4.33. The zero-order valence-electron chi connectivity index (χ0n) is 21.3. The molecule has 5 rings (SSSR count). The van der Waals surface area contributed by atoms with Gasteiger partial charge in [0.2, 0.25) is 0 Å². The molecule has 3 aromatic heterocycles. The minimum Gasteiger partial charge on any atom is -0.465 e. The SMILES string of the molecule is Cc1ccc(S(=O)(=O)n2cc(-c3cc(Cl)c4ncccc4c3)c3cc(C(=O)NCCCNC(=O)O)cnc32)cc1. The Hall–Kier alpha value is -4.48. The standard InChI is InChI=1S/C28H24ClN5O5S/c1-17-5-7-21(8-6-17)40(38,39)34-16-23(19-12-18-4-2-9-30-25(18)24(29)14-19)22-13-20(15-33-26(22)34)27(35)31-10-3-11-32-28(36)37/h2,4-9,12-16,32H,3,10-11H2,1H3,(H,31,35)(H,36,37). The van der Waals surface area contributed by atoms with E-state index in [1.165, 1.54) is 24.5 Å². The minimum absolute atomic E-state index is 0.0980. The number of nitrogens with zero attached hydrogens (tertiary/aromatic N) is 3. The first-order valence-electron chi connectivity index (χ1n) is 12.3. The summed E-state index contributed by atoms with van der Waals surface area (Å²) in [4.78, 5) is 32.3. The molecule has 0 fully saturated rings. The van der Waals surface area contributed by atoms with Crippen LogP contribution in [0.4, 0.5) is 4.79 Å². The predicted octanol–water partition coefficient (Wildman–Crippen LogP) is 4.84. The van der Waals surface area contributed by atoms with E-state index in [1.54, 1.807) is 36.5 Å². The highest BCUT2D eigenvalue weighted by Crippen LogP contribution is 2.36. The third-order valence-corrected chi connectivity index (χ3v) is 8.29. The number of rotatable bonds is 8. The van der Waals surface area contributed by atoms with Crippen LogP contribution in [0.5, 0.6) is 0 Å². The van der Waals surface area contributed by atoms with Crippen LogP contribution in [0, 0.1) is 6.92 Å². The molecule has 204 valence electrons. The topological polar surface area (TPSA) is 143 Å². The fraction of sp³-hybridized carbons (Fsp3) is 0.143. The van der Waals surface area contributed by atoms with Crippen molar-refractivity contribution in [3.8, 4) is 11.1 Å². The molecule has 12 heteroatoms. The molecule has 0 unspecified atom stereocenters. The summed E-state index contributed by atoms with van der Waals surface area (Å²) in [6.45, 7) is 2.29. The molecule has 0 radical (unpaired) electrons. The Kier molecular flexibility index (Phi) is 7.42. The van der Waals surface area contributed by atoms with Gasteiger partial charge in [-0.25, -0.2) is 22.2 Å². The van der Waals surface area contributed by atoms with E-state index in [4.69, 9.17) is 16.7 Å². The molecule has 40 heavy (non-hydrogen) atoms. The summed E-state index contributed by atoms with van der Waals surface area (Å²) in [6, 6.07) is 15.3. The van der Waals surface area contributed by atoms with Crippen molar-refractivity contribution in [1.29, 1.82) is 0 Å². The van der Waals surface area contributed by atoms with E-state index in [0.717, 1.165) is 14.9 Å². The van der Waals surface area contributed by atoms with Gasteiger partial charge in [-0.2, -0.15) is 0 Å². The molecule has 0 bridgehead atoms. The number of pyridine rings is 2. The van der Waals surface area contributed by atoms with Crippen LogP contribution in [-0.4, -0.2) is 52.6 Å². The Balaban J connectivity index is 1.61. The summed E-state index contributed by atoms with van der Waals surface area (Å²) in [6.07, 6.45) is 3.70. The number of carboxylic acid groups (broad SMARTS) is 1. The third-order valence-electron chi connectivity index (χ3n) is 6.34. The molecule has 0 aliphatic carbocycles. The van der Waals surface area contributed by atoms with Crippen LogP contribution in [-0.2, 0) is 10.0 Å². The van der Waals surface area contributed by atoms with Crippen LogP contribution in [0.25, 0.3) is 33.1 Å². The van der Waals surface area contributed by atoms with Gasteiger partial charge in [0, 0.05) is 48.0 Å². The summed E-state index contributed by atoms with van der Waals surface area (Å²) in [7, 11) is -4.03. The number of benzene rings is 2. The van der Waals surface area contributed by atoms with Crippen molar-refractivity contribution in [2.75, 3.05) is 13.1 Å². The van der Waals surface area contributed by atoms with Crippen LogP contribution >= 0.6 is 11.6 Å². The normalized spacial score (nSPS) is 11.6. The first kappa shape index (κ1) is 27.1. The maximum atomic E-state index is 13.7. The van der Waals surface area contributed by atoms with E-state index in [9.17, 15) is 18.0 Å². The second-order valence-electron chi connectivity index (χ2n) is 9.13. The lowest BCUT2D eigenvalue weighted by Gasteiger charge is -2.08. The van der Waals surface area contributed by atoms with Gasteiger partial charge in [-0.3, -0.25) is 9.78 Å². The largest absolute Gasteiger partial charge is 0.465 e. The molecule has 0 saturated heterocycles. The summed E-state index contributed by atoms with van der Waals surface area (Å²) < 4.78 is 28.5. The van der Waals surface area contributed by atoms with Crippen LogP contribution in [0.2, 0.25) is 5.02 Å². The molecule has 3 N–H and O–H groups in total. The summed E-state index contributed by atoms with van der Waals surface area (Å²) >= 11 is 6.55. The van der Waals surface area contributed by atoms with E-state index in [2.05, 4.69) is 20.6 Å². The number of halogens is 1. The number of carbonyl (C=O) groups excluding carboxylic acids is 1. The maximum absolute atomic E-state index is 13.7. The lowest BCUT2D eigenvalue weighted by molar-refractivity contribution is 0.0953. The van der Waals surface area contributed by atoms with Gasteiger partial charge in [-0.1, -0.05) is 35.4 Å². The van der Waals surface area contributed by atoms with Crippen molar-refractivity contribution in [2.24, 2.45) is 0 Å². The Labute approximate surface area is 234 Å². The first-order chi connectivity index (χ1) is 19.1. The molecule has 0 aliphatic heterocycles. The lowest BCUT2D eigenvalue weighted by atomic mass is 10.0. The Morgan fingerprint density at radius 3 is 2.52 bits per heavy atom. The average molecular weight is 578 g/mol. The molecule has 0 saturated carbocycles. The van der Waals surface area contributed by atoms with Gasteiger partial charge < -0.3 is 15.7 Å². The molecule has 2 amide bonds. The molecule has 0 spiro atoms. The van der Waals surface area contributed by atoms with Crippen molar-refractivity contribution in [3.05, 3.63) is 89.3 Å². The third kappa shape index (κ3) is 5.33. The first-order valence-corrected chi connectivity index (χ1v) is 14.1. The van der Waals surface area contributed by atoms with Crippen molar-refractivity contribution in [3.63, 3.8) is 0 Å². The van der Waals surface area contributed by atoms with Crippen LogP contribution in [0.1, 0.15) is 22.3 Å². The molecule has 10 nitrogen and oxygen atoms in total. The summed E-state index contributed by atoms with van der Waals surface area (Å²) in [5, 5.41) is 15.2. The maximum Gasteiger partial charge on any atom is 0.404 e. The lowest BCUT2D eigenvalue weighted by Crippen LogP contribution is -2.29. The number of amides is 2. The number of fused-ring (bicyclic) bond motifs is 2. The Morgan fingerprint density at radius 1 is 1.02 bits per heavy atom. The molecule has 0 atom stereocenters. The molecular weight excluding hydrogens is 554 g/mol. The van der Waals surface area contributed by atoms with Crippen molar-refractivity contribution in [1.82, 2.24) is 24.6 Å². The van der Waals surface area contributed by atoms with Gasteiger partial charge in [0.05, 0.1) is 21.0 Å². The van der Waals surface area contributed by atoms with Crippen molar-refractivity contribution in [2.45, 2.75) is 18.2 Å². The van der Waals surface area contributed by atoms with Crippen LogP contribution in [0.15, 0.2) is 78.1 Å². The molecule has 2 aromatic carbocycles.